The number of H-pyrrole nitrogens is 1. The number of halogens is 1. The molecule has 0 radical (unpaired) electrons. The van der Waals surface area contributed by atoms with Gasteiger partial charge in [0.05, 0.1) is 5.92 Å². The number of amides is 2. The van der Waals surface area contributed by atoms with E-state index in [9.17, 15) is 14.0 Å². The summed E-state index contributed by atoms with van der Waals surface area (Å²) in [5.74, 6) is -1.60. The van der Waals surface area contributed by atoms with Gasteiger partial charge in [0, 0.05) is 38.1 Å². The average molecular weight is 385 g/mol. The van der Waals surface area contributed by atoms with Crippen LogP contribution in [-0.4, -0.2) is 61.6 Å². The Morgan fingerprint density at radius 1 is 1.36 bits per heavy atom. The number of likely N-dealkylation sites (N-methyl/N-ethyl adjacent to an activating group) is 1. The molecular formula is C18H20FN7O2. The molecule has 1 unspecified atom stereocenters. The van der Waals surface area contributed by atoms with Gasteiger partial charge >= 0.3 is 0 Å². The molecule has 9 nitrogen and oxygen atoms in total. The first-order valence-electron chi connectivity index (χ1n) is 8.87. The van der Waals surface area contributed by atoms with E-state index in [0.717, 1.165) is 0 Å². The van der Waals surface area contributed by atoms with E-state index < -0.39 is 11.8 Å². The zero-order valence-electron chi connectivity index (χ0n) is 15.2. The molecule has 4 rings (SSSR count). The molecule has 0 bridgehead atoms. The third-order valence-corrected chi connectivity index (χ3v) is 5.07. The molecule has 1 saturated heterocycles. The van der Waals surface area contributed by atoms with Crippen LogP contribution < -0.4 is 5.73 Å². The summed E-state index contributed by atoms with van der Waals surface area (Å²) in [6, 6.07) is 6.58. The monoisotopic (exact) mass is 385 g/mol. The van der Waals surface area contributed by atoms with Crippen molar-refractivity contribution < 1.29 is 14.0 Å². The van der Waals surface area contributed by atoms with Crippen molar-refractivity contribution in [2.75, 3.05) is 13.6 Å². The molecule has 1 fully saturated rings. The summed E-state index contributed by atoms with van der Waals surface area (Å²) in [5.41, 5.74) is 5.75. The fourth-order valence-corrected chi connectivity index (χ4v) is 3.66. The SMILES string of the molecule is CN1C(=O)[C@@H](c2nc(C(N)=O)n[nH]2)CCN2C=CN(Cc3ccccc3F)C21. The third kappa shape index (κ3) is 3.06. The highest BCUT2D eigenvalue weighted by atomic mass is 19.1. The minimum atomic E-state index is -0.753. The molecular weight excluding hydrogens is 365 g/mol. The Labute approximate surface area is 160 Å². The number of nitrogens with one attached hydrogen (secondary N) is 1. The number of hydrogen-bond acceptors (Lipinski definition) is 6. The van der Waals surface area contributed by atoms with Crippen molar-refractivity contribution in [3.05, 3.63) is 59.7 Å². The first-order valence-corrected chi connectivity index (χ1v) is 8.87. The molecule has 2 aliphatic rings. The highest BCUT2D eigenvalue weighted by Crippen LogP contribution is 2.30. The molecule has 2 aromatic rings. The second kappa shape index (κ2) is 6.95. The minimum absolute atomic E-state index is 0.142. The molecule has 2 atom stereocenters. The number of benzene rings is 1. The number of rotatable bonds is 4. The second-order valence-corrected chi connectivity index (χ2v) is 6.85. The van der Waals surface area contributed by atoms with Crippen LogP contribution in [0.15, 0.2) is 36.7 Å². The highest BCUT2D eigenvalue weighted by Gasteiger charge is 2.40. The van der Waals surface area contributed by atoms with Gasteiger partial charge in [0.2, 0.25) is 11.7 Å². The molecule has 3 heterocycles. The molecule has 2 aliphatic heterocycles. The van der Waals surface area contributed by atoms with Gasteiger partial charge in [-0.1, -0.05) is 18.2 Å². The van der Waals surface area contributed by atoms with Crippen LogP contribution in [0.1, 0.15) is 34.3 Å². The molecule has 0 aliphatic carbocycles. The third-order valence-electron chi connectivity index (χ3n) is 5.07. The Hall–Kier alpha value is -3.43. The zero-order valence-corrected chi connectivity index (χ0v) is 15.2. The fourth-order valence-electron chi connectivity index (χ4n) is 3.66. The van der Waals surface area contributed by atoms with E-state index >= 15 is 0 Å². The summed E-state index contributed by atoms with van der Waals surface area (Å²) < 4.78 is 14.1. The van der Waals surface area contributed by atoms with Gasteiger partial charge in [-0.25, -0.2) is 9.37 Å². The Kier molecular flexibility index (Phi) is 4.46. The number of primary amides is 1. The van der Waals surface area contributed by atoms with Crippen LogP contribution in [0.3, 0.4) is 0 Å². The van der Waals surface area contributed by atoms with Crippen LogP contribution in [0.25, 0.3) is 0 Å². The van der Waals surface area contributed by atoms with Crippen molar-refractivity contribution in [2.24, 2.45) is 5.73 Å². The van der Waals surface area contributed by atoms with Crippen molar-refractivity contribution in [3.8, 4) is 0 Å². The molecule has 10 heteroatoms. The topological polar surface area (TPSA) is 111 Å². The fraction of sp³-hybridized carbons (Fsp3) is 0.333. The van der Waals surface area contributed by atoms with Crippen LogP contribution in [0.5, 0.6) is 0 Å². The summed E-state index contributed by atoms with van der Waals surface area (Å²) in [4.78, 5) is 33.9. The first-order chi connectivity index (χ1) is 13.5. The van der Waals surface area contributed by atoms with Gasteiger partial charge in [-0.15, -0.1) is 5.10 Å². The van der Waals surface area contributed by atoms with Crippen LogP contribution >= 0.6 is 0 Å². The smallest absolute Gasteiger partial charge is 0.288 e. The van der Waals surface area contributed by atoms with E-state index in [1.807, 2.05) is 22.2 Å². The number of hydrogen-bond donors (Lipinski definition) is 2. The molecule has 2 amide bonds. The number of carbonyl (C=O) groups is 2. The maximum Gasteiger partial charge on any atom is 0.288 e. The maximum atomic E-state index is 14.1. The lowest BCUT2D eigenvalue weighted by molar-refractivity contribution is -0.138. The van der Waals surface area contributed by atoms with E-state index in [0.29, 0.717) is 30.9 Å². The van der Waals surface area contributed by atoms with Gasteiger partial charge in [0.25, 0.3) is 5.91 Å². The maximum absolute atomic E-state index is 14.1. The summed E-state index contributed by atoms with van der Waals surface area (Å²) in [6.07, 6.45) is 3.88. The Morgan fingerprint density at radius 3 is 2.86 bits per heavy atom. The number of carbonyl (C=O) groups excluding carboxylic acids is 2. The lowest BCUT2D eigenvalue weighted by Crippen LogP contribution is -2.51. The van der Waals surface area contributed by atoms with Crippen LogP contribution in [0.2, 0.25) is 0 Å². The zero-order chi connectivity index (χ0) is 19.8. The summed E-state index contributed by atoms with van der Waals surface area (Å²) in [5, 5.41) is 6.42. The van der Waals surface area contributed by atoms with Crippen molar-refractivity contribution >= 4 is 11.8 Å². The molecule has 0 spiro atoms. The van der Waals surface area contributed by atoms with Crippen LogP contribution in [0.4, 0.5) is 4.39 Å². The first kappa shape index (κ1) is 18.0. The summed E-state index contributed by atoms with van der Waals surface area (Å²) in [6.45, 7) is 0.920. The molecule has 1 aromatic carbocycles. The van der Waals surface area contributed by atoms with Gasteiger partial charge < -0.3 is 20.4 Å². The van der Waals surface area contributed by atoms with Gasteiger partial charge in [-0.2, -0.15) is 0 Å². The minimum Gasteiger partial charge on any atom is -0.363 e. The number of nitrogens with two attached hydrogens (primary N) is 1. The van der Waals surface area contributed by atoms with Gasteiger partial charge in [-0.3, -0.25) is 14.7 Å². The van der Waals surface area contributed by atoms with E-state index in [2.05, 4.69) is 15.2 Å². The summed E-state index contributed by atoms with van der Waals surface area (Å²) in [7, 11) is 1.70. The van der Waals surface area contributed by atoms with E-state index in [1.54, 1.807) is 30.1 Å². The lowest BCUT2D eigenvalue weighted by atomic mass is 10.0. The molecule has 146 valence electrons. The number of aromatic amines is 1. The summed E-state index contributed by atoms with van der Waals surface area (Å²) >= 11 is 0. The number of nitrogens with zero attached hydrogens (tertiary/aromatic N) is 5. The Balaban J connectivity index is 1.57. The average Bonchev–Trinajstić information content (AvgIpc) is 3.28. The van der Waals surface area contributed by atoms with Crippen molar-refractivity contribution in [3.63, 3.8) is 0 Å². The molecule has 0 saturated carbocycles. The standard InChI is InChI=1S/C18H20FN7O2/c1-24-17(28)12(15-21-16(14(20)27)23-22-15)6-7-25-8-9-26(18(24)25)10-11-4-2-3-5-13(11)19/h2-5,8-9,12,18H,6-7,10H2,1H3,(H2,20,27)(H,21,22,23)/t12-,18?/m1/s1. The second-order valence-electron chi connectivity index (χ2n) is 6.85. The highest BCUT2D eigenvalue weighted by molar-refractivity contribution is 5.89. The lowest BCUT2D eigenvalue weighted by Gasteiger charge is -2.37. The molecule has 3 N–H and O–H groups in total. The Morgan fingerprint density at radius 2 is 2.14 bits per heavy atom. The predicted octanol–water partition coefficient (Wildman–Crippen LogP) is 0.561. The molecule has 28 heavy (non-hydrogen) atoms. The van der Waals surface area contributed by atoms with Crippen molar-refractivity contribution in [2.45, 2.75) is 25.2 Å². The van der Waals surface area contributed by atoms with Crippen molar-refractivity contribution in [1.29, 1.82) is 0 Å². The number of aromatic nitrogens is 3. The van der Waals surface area contributed by atoms with Crippen molar-refractivity contribution in [1.82, 2.24) is 29.9 Å². The van der Waals surface area contributed by atoms with Gasteiger partial charge in [0.15, 0.2) is 6.29 Å². The Bertz CT molecular complexity index is 944. The predicted molar refractivity (Wildman–Crippen MR) is 96.6 cm³/mol. The molecule has 1 aromatic heterocycles. The van der Waals surface area contributed by atoms with E-state index in [1.165, 1.54) is 6.07 Å². The van der Waals surface area contributed by atoms with E-state index in [4.69, 9.17) is 5.73 Å². The normalized spacial score (nSPS) is 21.8. The largest absolute Gasteiger partial charge is 0.363 e. The van der Waals surface area contributed by atoms with Gasteiger partial charge in [-0.05, 0) is 12.5 Å². The quantitative estimate of drug-likeness (QED) is 0.796. The van der Waals surface area contributed by atoms with Crippen LogP contribution in [0, 0.1) is 5.82 Å². The van der Waals surface area contributed by atoms with E-state index in [-0.39, 0.29) is 23.8 Å². The number of fused-ring (bicyclic) bond motifs is 1. The van der Waals surface area contributed by atoms with Crippen LogP contribution in [-0.2, 0) is 11.3 Å². The van der Waals surface area contributed by atoms with Gasteiger partial charge in [0.1, 0.15) is 11.6 Å².